The molecule has 1 aromatic rings. The van der Waals surface area contributed by atoms with Gasteiger partial charge in [-0.05, 0) is 13.8 Å². The van der Waals surface area contributed by atoms with Gasteiger partial charge in [-0.3, -0.25) is 14.5 Å². The van der Waals surface area contributed by atoms with E-state index in [1.807, 2.05) is 0 Å². The minimum absolute atomic E-state index is 0.0936. The van der Waals surface area contributed by atoms with Crippen LogP contribution in [0.4, 0.5) is 0 Å². The van der Waals surface area contributed by atoms with E-state index in [4.69, 9.17) is 9.47 Å². The molecule has 136 valence electrons. The molecule has 0 bridgehead atoms. The Morgan fingerprint density at radius 1 is 1.17 bits per heavy atom. The molecule has 0 spiro atoms. The fraction of sp³-hybridized carbons (Fsp3) is 0.875. The molecule has 1 N–H and O–H groups in total. The number of aromatic nitrogens is 3. The molecule has 2 aliphatic rings. The third-order valence-electron chi connectivity index (χ3n) is 4.51. The smallest absolute Gasteiger partial charge is 0.137 e. The Balaban J connectivity index is 1.42. The Hall–Kier alpha value is -1.06. The fourth-order valence-corrected chi connectivity index (χ4v) is 3.68. The molecule has 3 heterocycles. The number of ether oxygens (including phenoxy) is 2. The molecule has 4 atom stereocenters. The highest BCUT2D eigenvalue weighted by Crippen LogP contribution is 2.12. The summed E-state index contributed by atoms with van der Waals surface area (Å²) in [5, 5.41) is 14.6. The molecule has 2 fully saturated rings. The highest BCUT2D eigenvalue weighted by molar-refractivity contribution is 4.79. The van der Waals surface area contributed by atoms with Crippen molar-refractivity contribution in [1.82, 2.24) is 24.6 Å². The zero-order chi connectivity index (χ0) is 16.9. The van der Waals surface area contributed by atoms with Gasteiger partial charge >= 0.3 is 0 Å². The van der Waals surface area contributed by atoms with Crippen LogP contribution in [0.5, 0.6) is 0 Å². The molecular formula is C16H29N5O3. The summed E-state index contributed by atoms with van der Waals surface area (Å²) in [7, 11) is 0. The normalized spacial score (nSPS) is 31.2. The maximum atomic E-state index is 10.5. The summed E-state index contributed by atoms with van der Waals surface area (Å²) in [6.45, 7) is 10.4. The Morgan fingerprint density at radius 2 is 1.92 bits per heavy atom. The van der Waals surface area contributed by atoms with Gasteiger partial charge in [0.05, 0.1) is 37.6 Å². The lowest BCUT2D eigenvalue weighted by molar-refractivity contribution is -0.0831. The summed E-state index contributed by atoms with van der Waals surface area (Å²) in [5.41, 5.74) is 0. The van der Waals surface area contributed by atoms with Crippen LogP contribution in [0.1, 0.15) is 13.8 Å². The van der Waals surface area contributed by atoms with E-state index < -0.39 is 0 Å². The molecule has 2 saturated heterocycles. The number of hydrogen-bond acceptors (Lipinski definition) is 7. The van der Waals surface area contributed by atoms with Gasteiger partial charge in [-0.1, -0.05) is 0 Å². The number of morpholine rings is 2. The molecule has 24 heavy (non-hydrogen) atoms. The van der Waals surface area contributed by atoms with Crippen LogP contribution >= 0.6 is 0 Å². The molecule has 0 saturated carbocycles. The zero-order valence-corrected chi connectivity index (χ0v) is 14.6. The predicted octanol–water partition coefficient (Wildman–Crippen LogP) is -0.551. The van der Waals surface area contributed by atoms with Gasteiger partial charge in [0, 0.05) is 39.3 Å². The van der Waals surface area contributed by atoms with Gasteiger partial charge in [0.25, 0.3) is 0 Å². The average molecular weight is 339 g/mol. The van der Waals surface area contributed by atoms with Crippen LogP contribution in [-0.2, 0) is 16.0 Å². The highest BCUT2D eigenvalue weighted by atomic mass is 16.5. The predicted molar refractivity (Wildman–Crippen MR) is 88.7 cm³/mol. The SMILES string of the molecule is C[C@@H]1CN(C[C@H](O)CN2CCO[C@@H](Cn3cncn3)C2)C[C@@H](C)O1. The Kier molecular flexibility index (Phi) is 6.18. The van der Waals surface area contributed by atoms with Gasteiger partial charge in [0.1, 0.15) is 12.7 Å². The maximum absolute atomic E-state index is 10.5. The number of β-amino-alcohol motifs (C(OH)–C–C–N with tert-alkyl or cyclic N) is 1. The first-order chi connectivity index (χ1) is 11.6. The van der Waals surface area contributed by atoms with Gasteiger partial charge in [-0.25, -0.2) is 4.98 Å². The quantitative estimate of drug-likeness (QED) is 0.745. The highest BCUT2D eigenvalue weighted by Gasteiger charge is 2.26. The lowest BCUT2D eigenvalue weighted by atomic mass is 10.2. The van der Waals surface area contributed by atoms with E-state index in [2.05, 4.69) is 33.7 Å². The van der Waals surface area contributed by atoms with Crippen molar-refractivity contribution < 1.29 is 14.6 Å². The van der Waals surface area contributed by atoms with Crippen molar-refractivity contribution in [3.05, 3.63) is 12.7 Å². The van der Waals surface area contributed by atoms with E-state index in [-0.39, 0.29) is 24.4 Å². The number of aliphatic hydroxyl groups excluding tert-OH is 1. The second-order valence-corrected chi connectivity index (χ2v) is 7.00. The Labute approximate surface area is 143 Å². The van der Waals surface area contributed by atoms with Crippen molar-refractivity contribution in [1.29, 1.82) is 0 Å². The lowest BCUT2D eigenvalue weighted by Crippen LogP contribution is -2.51. The zero-order valence-electron chi connectivity index (χ0n) is 14.6. The minimum Gasteiger partial charge on any atom is -0.390 e. The molecule has 0 unspecified atom stereocenters. The molecule has 0 radical (unpaired) electrons. The molecule has 0 aromatic carbocycles. The van der Waals surface area contributed by atoms with E-state index in [1.165, 1.54) is 6.33 Å². The summed E-state index contributed by atoms with van der Waals surface area (Å²) in [6, 6.07) is 0. The van der Waals surface area contributed by atoms with E-state index in [0.717, 1.165) is 26.2 Å². The topological polar surface area (TPSA) is 75.9 Å². The number of nitrogens with zero attached hydrogens (tertiary/aromatic N) is 5. The van der Waals surface area contributed by atoms with E-state index in [0.29, 0.717) is 26.2 Å². The van der Waals surface area contributed by atoms with Crippen LogP contribution in [-0.4, -0.2) is 100.0 Å². The summed E-state index contributed by atoms with van der Waals surface area (Å²) in [6.07, 6.45) is 3.45. The van der Waals surface area contributed by atoms with Gasteiger partial charge in [0.15, 0.2) is 0 Å². The molecule has 0 aliphatic carbocycles. The molecular weight excluding hydrogens is 310 g/mol. The van der Waals surface area contributed by atoms with Crippen molar-refractivity contribution in [2.75, 3.05) is 45.9 Å². The summed E-state index contributed by atoms with van der Waals surface area (Å²) < 4.78 is 13.3. The molecule has 0 amide bonds. The standard InChI is InChI=1S/C16H29N5O3/c1-13-5-20(6-14(2)24-13)8-15(22)7-19-3-4-23-16(9-19)10-21-12-17-11-18-21/h11-16,22H,3-10H2,1-2H3/t13-,14-,15-,16-/m1/s1. The number of aliphatic hydroxyl groups is 1. The summed E-state index contributed by atoms with van der Waals surface area (Å²) >= 11 is 0. The van der Waals surface area contributed by atoms with Crippen LogP contribution in [0.25, 0.3) is 0 Å². The third kappa shape index (κ3) is 5.22. The Bertz CT molecular complexity index is 476. The molecule has 1 aromatic heterocycles. The first kappa shape index (κ1) is 17.8. The van der Waals surface area contributed by atoms with Crippen molar-refractivity contribution in [2.24, 2.45) is 0 Å². The van der Waals surface area contributed by atoms with Gasteiger partial charge in [-0.15, -0.1) is 0 Å². The van der Waals surface area contributed by atoms with Gasteiger partial charge in [-0.2, -0.15) is 5.10 Å². The van der Waals surface area contributed by atoms with E-state index >= 15 is 0 Å². The van der Waals surface area contributed by atoms with Crippen molar-refractivity contribution >= 4 is 0 Å². The first-order valence-corrected chi connectivity index (χ1v) is 8.80. The van der Waals surface area contributed by atoms with Crippen LogP contribution < -0.4 is 0 Å². The third-order valence-corrected chi connectivity index (χ3v) is 4.51. The second-order valence-electron chi connectivity index (χ2n) is 7.00. The van der Waals surface area contributed by atoms with Crippen molar-refractivity contribution in [3.8, 4) is 0 Å². The second kappa shape index (κ2) is 8.35. The van der Waals surface area contributed by atoms with Crippen molar-refractivity contribution in [2.45, 2.75) is 44.8 Å². The lowest BCUT2D eigenvalue weighted by Gasteiger charge is -2.38. The van der Waals surface area contributed by atoms with Crippen LogP contribution in [0.2, 0.25) is 0 Å². The van der Waals surface area contributed by atoms with Crippen molar-refractivity contribution in [3.63, 3.8) is 0 Å². The van der Waals surface area contributed by atoms with E-state index in [1.54, 1.807) is 11.0 Å². The van der Waals surface area contributed by atoms with E-state index in [9.17, 15) is 5.11 Å². The van der Waals surface area contributed by atoms with Gasteiger partial charge < -0.3 is 14.6 Å². The first-order valence-electron chi connectivity index (χ1n) is 8.80. The summed E-state index contributed by atoms with van der Waals surface area (Å²) in [5.74, 6) is 0. The number of rotatable bonds is 6. The fourth-order valence-electron chi connectivity index (χ4n) is 3.68. The Morgan fingerprint density at radius 3 is 2.62 bits per heavy atom. The molecule has 3 rings (SSSR count). The van der Waals surface area contributed by atoms with Crippen LogP contribution in [0.15, 0.2) is 12.7 Å². The van der Waals surface area contributed by atoms with Crippen LogP contribution in [0.3, 0.4) is 0 Å². The summed E-state index contributed by atoms with van der Waals surface area (Å²) in [4.78, 5) is 8.54. The molecule has 2 aliphatic heterocycles. The monoisotopic (exact) mass is 339 g/mol. The minimum atomic E-state index is -0.354. The van der Waals surface area contributed by atoms with Gasteiger partial charge in [0.2, 0.25) is 0 Å². The molecule has 8 heteroatoms. The maximum Gasteiger partial charge on any atom is 0.137 e. The largest absolute Gasteiger partial charge is 0.390 e. The van der Waals surface area contributed by atoms with Crippen LogP contribution in [0, 0.1) is 0 Å². The molecule has 8 nitrogen and oxygen atoms in total. The number of hydrogen-bond donors (Lipinski definition) is 1. The average Bonchev–Trinajstić information content (AvgIpc) is 2.99.